The van der Waals surface area contributed by atoms with E-state index in [2.05, 4.69) is 20.5 Å². The van der Waals surface area contributed by atoms with Crippen molar-refractivity contribution in [1.82, 2.24) is 15.2 Å². The van der Waals surface area contributed by atoms with Gasteiger partial charge in [-0.15, -0.1) is 10.2 Å². The SMILES string of the molecule is CC(C)(C)c1nnc(Nc2ccc(Cl)c(C(F)(F)F)c2)[nH]c1=O. The maximum atomic E-state index is 12.8. The third-order valence-corrected chi connectivity index (χ3v) is 3.27. The molecule has 9 heteroatoms. The molecule has 0 fully saturated rings. The lowest BCUT2D eigenvalue weighted by molar-refractivity contribution is -0.137. The Kier molecular flexibility index (Phi) is 4.39. The van der Waals surface area contributed by atoms with Gasteiger partial charge in [0.15, 0.2) is 0 Å². The van der Waals surface area contributed by atoms with Crippen molar-refractivity contribution in [2.24, 2.45) is 0 Å². The lowest BCUT2D eigenvalue weighted by atomic mass is 9.93. The van der Waals surface area contributed by atoms with Gasteiger partial charge >= 0.3 is 6.18 Å². The Hall–Kier alpha value is -2.09. The minimum absolute atomic E-state index is 0.0570. The normalized spacial score (nSPS) is 12.3. The predicted molar refractivity (Wildman–Crippen MR) is 81.1 cm³/mol. The fourth-order valence-electron chi connectivity index (χ4n) is 1.84. The Morgan fingerprint density at radius 2 is 1.83 bits per heavy atom. The van der Waals surface area contributed by atoms with E-state index in [1.165, 1.54) is 6.07 Å². The second-order valence-corrected chi connectivity index (χ2v) is 6.33. The van der Waals surface area contributed by atoms with E-state index in [9.17, 15) is 18.0 Å². The molecule has 0 radical (unpaired) electrons. The van der Waals surface area contributed by atoms with Gasteiger partial charge in [0.2, 0.25) is 5.95 Å². The first-order valence-electron chi connectivity index (χ1n) is 6.60. The van der Waals surface area contributed by atoms with Gasteiger partial charge in [0.05, 0.1) is 10.6 Å². The van der Waals surface area contributed by atoms with Crippen LogP contribution in [0.5, 0.6) is 0 Å². The lowest BCUT2D eigenvalue weighted by Gasteiger charge is -2.16. The summed E-state index contributed by atoms with van der Waals surface area (Å²) in [6.07, 6.45) is -4.58. The molecule has 0 aliphatic carbocycles. The highest BCUT2D eigenvalue weighted by atomic mass is 35.5. The third-order valence-electron chi connectivity index (χ3n) is 2.94. The number of nitrogens with one attached hydrogen (secondary N) is 2. The average Bonchev–Trinajstić information content (AvgIpc) is 2.38. The van der Waals surface area contributed by atoms with Gasteiger partial charge in [-0.05, 0) is 18.2 Å². The van der Waals surface area contributed by atoms with Crippen molar-refractivity contribution in [1.29, 1.82) is 0 Å². The number of nitrogens with zero attached hydrogens (tertiary/aromatic N) is 2. The van der Waals surface area contributed by atoms with Crippen molar-refractivity contribution in [3.63, 3.8) is 0 Å². The van der Waals surface area contributed by atoms with Gasteiger partial charge in [0, 0.05) is 11.1 Å². The average molecular weight is 347 g/mol. The number of H-pyrrole nitrogens is 1. The van der Waals surface area contributed by atoms with E-state index < -0.39 is 27.7 Å². The Morgan fingerprint density at radius 1 is 1.17 bits per heavy atom. The number of aromatic amines is 1. The van der Waals surface area contributed by atoms with Crippen LogP contribution in [0, 0.1) is 0 Å². The molecular formula is C14H14ClF3N4O. The van der Waals surface area contributed by atoms with E-state index in [1.54, 1.807) is 20.8 Å². The summed E-state index contributed by atoms with van der Waals surface area (Å²) in [7, 11) is 0. The molecule has 0 saturated carbocycles. The van der Waals surface area contributed by atoms with Crippen molar-refractivity contribution >= 4 is 23.2 Å². The second-order valence-electron chi connectivity index (χ2n) is 5.92. The van der Waals surface area contributed by atoms with Gasteiger partial charge in [-0.25, -0.2) is 0 Å². The zero-order chi connectivity index (χ0) is 17.4. The van der Waals surface area contributed by atoms with Crippen LogP contribution in [0.2, 0.25) is 5.02 Å². The van der Waals surface area contributed by atoms with Crippen LogP contribution in [-0.2, 0) is 11.6 Å². The number of halogens is 4. The quantitative estimate of drug-likeness (QED) is 0.865. The van der Waals surface area contributed by atoms with Gasteiger partial charge < -0.3 is 5.32 Å². The monoisotopic (exact) mass is 346 g/mol. The highest BCUT2D eigenvalue weighted by molar-refractivity contribution is 6.31. The molecule has 0 bridgehead atoms. The fraction of sp³-hybridized carbons (Fsp3) is 0.357. The number of hydrogen-bond acceptors (Lipinski definition) is 4. The van der Waals surface area contributed by atoms with Gasteiger partial charge in [-0.3, -0.25) is 9.78 Å². The Balaban J connectivity index is 2.34. The van der Waals surface area contributed by atoms with Crippen molar-refractivity contribution in [3.8, 4) is 0 Å². The molecule has 0 saturated heterocycles. The molecule has 2 N–H and O–H groups in total. The standard InChI is InChI=1S/C14H14ClF3N4O/c1-13(2,3)10-11(23)20-12(22-21-10)19-7-4-5-9(15)8(6-7)14(16,17)18/h4-6H,1-3H3,(H2,19,20,22,23). The van der Waals surface area contributed by atoms with Gasteiger partial charge in [-0.2, -0.15) is 13.2 Å². The van der Waals surface area contributed by atoms with Crippen LogP contribution in [0.15, 0.2) is 23.0 Å². The van der Waals surface area contributed by atoms with Crippen molar-refractivity contribution in [2.75, 3.05) is 5.32 Å². The van der Waals surface area contributed by atoms with Gasteiger partial charge in [0.25, 0.3) is 5.56 Å². The van der Waals surface area contributed by atoms with Crippen LogP contribution in [-0.4, -0.2) is 15.2 Å². The number of alkyl halides is 3. The first-order valence-corrected chi connectivity index (χ1v) is 6.97. The molecule has 0 amide bonds. The van der Waals surface area contributed by atoms with E-state index in [1.807, 2.05) is 0 Å². The largest absolute Gasteiger partial charge is 0.417 e. The summed E-state index contributed by atoms with van der Waals surface area (Å²) in [5, 5.41) is 9.78. The number of hydrogen-bond donors (Lipinski definition) is 2. The van der Waals surface area contributed by atoms with Gasteiger partial charge in [-0.1, -0.05) is 32.4 Å². The maximum absolute atomic E-state index is 12.8. The molecule has 1 aromatic carbocycles. The van der Waals surface area contributed by atoms with E-state index in [0.717, 1.165) is 12.1 Å². The van der Waals surface area contributed by atoms with Crippen LogP contribution >= 0.6 is 11.6 Å². The highest BCUT2D eigenvalue weighted by Crippen LogP contribution is 2.36. The summed E-state index contributed by atoms with van der Waals surface area (Å²) in [5.41, 5.74) is -1.63. The molecule has 2 rings (SSSR count). The first-order chi connectivity index (χ1) is 10.5. The zero-order valence-electron chi connectivity index (χ0n) is 12.5. The van der Waals surface area contributed by atoms with Crippen molar-refractivity contribution < 1.29 is 13.2 Å². The first kappa shape index (κ1) is 17.3. The number of aromatic nitrogens is 3. The predicted octanol–water partition coefficient (Wildman–Crippen LogP) is 3.88. The van der Waals surface area contributed by atoms with E-state index in [0.29, 0.717) is 0 Å². The van der Waals surface area contributed by atoms with Crippen molar-refractivity contribution in [2.45, 2.75) is 32.4 Å². The molecule has 0 atom stereocenters. The Morgan fingerprint density at radius 3 is 2.35 bits per heavy atom. The van der Waals surface area contributed by atoms with Crippen LogP contribution in [0.3, 0.4) is 0 Å². The van der Waals surface area contributed by atoms with E-state index in [4.69, 9.17) is 11.6 Å². The zero-order valence-corrected chi connectivity index (χ0v) is 13.3. The Bertz CT molecular complexity index is 781. The van der Waals surface area contributed by atoms with Crippen LogP contribution < -0.4 is 10.9 Å². The molecule has 2 aromatic rings. The van der Waals surface area contributed by atoms with Crippen molar-refractivity contribution in [3.05, 3.63) is 44.8 Å². The smallest absolute Gasteiger partial charge is 0.324 e. The molecule has 0 aliphatic rings. The van der Waals surface area contributed by atoms with Gasteiger partial charge in [0.1, 0.15) is 5.69 Å². The van der Waals surface area contributed by atoms with E-state index >= 15 is 0 Å². The van der Waals surface area contributed by atoms with Crippen LogP contribution in [0.1, 0.15) is 32.0 Å². The summed E-state index contributed by atoms with van der Waals surface area (Å²) in [6, 6.07) is 3.29. The molecule has 124 valence electrons. The summed E-state index contributed by atoms with van der Waals surface area (Å²) in [6.45, 7) is 5.40. The third kappa shape index (κ3) is 4.01. The minimum atomic E-state index is -4.58. The second kappa shape index (κ2) is 5.84. The molecule has 5 nitrogen and oxygen atoms in total. The van der Waals surface area contributed by atoms with E-state index in [-0.39, 0.29) is 17.3 Å². The molecule has 23 heavy (non-hydrogen) atoms. The maximum Gasteiger partial charge on any atom is 0.417 e. The Labute approximate surface area is 134 Å². The molecule has 0 unspecified atom stereocenters. The molecule has 0 spiro atoms. The molecule has 1 heterocycles. The topological polar surface area (TPSA) is 70.7 Å². The fourth-order valence-corrected chi connectivity index (χ4v) is 2.07. The highest BCUT2D eigenvalue weighted by Gasteiger charge is 2.33. The minimum Gasteiger partial charge on any atom is -0.324 e. The summed E-state index contributed by atoms with van der Waals surface area (Å²) < 4.78 is 38.5. The summed E-state index contributed by atoms with van der Waals surface area (Å²) >= 11 is 5.55. The number of anilines is 2. The summed E-state index contributed by atoms with van der Waals surface area (Å²) in [4.78, 5) is 14.4. The summed E-state index contributed by atoms with van der Waals surface area (Å²) in [5.74, 6) is -0.0570. The molecular weight excluding hydrogens is 333 g/mol. The van der Waals surface area contributed by atoms with Crippen LogP contribution in [0.4, 0.5) is 24.8 Å². The number of rotatable bonds is 2. The molecule has 0 aliphatic heterocycles. The lowest BCUT2D eigenvalue weighted by Crippen LogP contribution is -2.28. The van der Waals surface area contributed by atoms with Crippen LogP contribution in [0.25, 0.3) is 0 Å². The molecule has 1 aromatic heterocycles. The number of benzene rings is 1.